The molecule has 1 aromatic heterocycles. The second-order valence-electron chi connectivity index (χ2n) is 2.87. The molecule has 4 nitrogen and oxygen atoms in total. The van der Waals surface area contributed by atoms with E-state index in [9.17, 15) is 0 Å². The lowest BCUT2D eigenvalue weighted by molar-refractivity contribution is 0.792. The highest BCUT2D eigenvalue weighted by atomic mass is 15.0. The smallest absolute Gasteiger partial charge is 0.149 e. The number of nitrogens with one attached hydrogen (secondary N) is 2. The van der Waals surface area contributed by atoms with Crippen LogP contribution in [0.15, 0.2) is 18.6 Å². The van der Waals surface area contributed by atoms with E-state index < -0.39 is 0 Å². The van der Waals surface area contributed by atoms with Crippen LogP contribution >= 0.6 is 0 Å². The fourth-order valence-corrected chi connectivity index (χ4v) is 0.850. The third-order valence-electron chi connectivity index (χ3n) is 1.56. The van der Waals surface area contributed by atoms with Crippen molar-refractivity contribution in [1.82, 2.24) is 9.55 Å². The molecule has 0 aliphatic heterocycles. The summed E-state index contributed by atoms with van der Waals surface area (Å²) in [5.41, 5.74) is 0.246. The van der Waals surface area contributed by atoms with Crippen LogP contribution in [-0.4, -0.2) is 15.4 Å². The van der Waals surface area contributed by atoms with Crippen LogP contribution in [0.4, 0.5) is 0 Å². The minimum absolute atomic E-state index is 0.126. The standard InChI is InChI=1S/C8H12N4/c1-6(2)8(10)12-4-3-11-5-7(12)9/h3-6,9-10H,1-2H3. The van der Waals surface area contributed by atoms with Gasteiger partial charge in [0.25, 0.3) is 0 Å². The Morgan fingerprint density at radius 3 is 2.75 bits per heavy atom. The molecule has 0 amide bonds. The summed E-state index contributed by atoms with van der Waals surface area (Å²) in [6.07, 6.45) is 4.64. The summed E-state index contributed by atoms with van der Waals surface area (Å²) in [5.74, 6) is 0.545. The molecule has 1 heterocycles. The van der Waals surface area contributed by atoms with Gasteiger partial charge in [0, 0.05) is 18.3 Å². The highest BCUT2D eigenvalue weighted by molar-refractivity contribution is 5.82. The topological polar surface area (TPSA) is 65.5 Å². The lowest BCUT2D eigenvalue weighted by atomic mass is 10.2. The summed E-state index contributed by atoms with van der Waals surface area (Å²) in [4.78, 5) is 3.78. The molecule has 0 spiro atoms. The molecule has 0 atom stereocenters. The molecule has 0 unspecified atom stereocenters. The van der Waals surface area contributed by atoms with Crippen LogP contribution in [0.25, 0.3) is 0 Å². The van der Waals surface area contributed by atoms with Gasteiger partial charge in [0.05, 0.1) is 6.20 Å². The van der Waals surface area contributed by atoms with Crippen molar-refractivity contribution in [1.29, 1.82) is 10.8 Å². The Balaban J connectivity index is 3.12. The van der Waals surface area contributed by atoms with Gasteiger partial charge in [-0.3, -0.25) is 20.4 Å². The third-order valence-corrected chi connectivity index (χ3v) is 1.56. The van der Waals surface area contributed by atoms with Crippen LogP contribution in [0.5, 0.6) is 0 Å². The monoisotopic (exact) mass is 164 g/mol. The Bertz CT molecular complexity index is 337. The molecule has 0 bridgehead atoms. The number of aromatic nitrogens is 2. The first-order valence-electron chi connectivity index (χ1n) is 3.79. The largest absolute Gasteiger partial charge is 0.288 e. The maximum atomic E-state index is 7.64. The summed E-state index contributed by atoms with van der Waals surface area (Å²) in [6.45, 7) is 3.85. The Labute approximate surface area is 70.9 Å². The Kier molecular flexibility index (Phi) is 2.38. The molecule has 0 aromatic carbocycles. The van der Waals surface area contributed by atoms with Gasteiger partial charge in [-0.15, -0.1) is 0 Å². The second-order valence-corrected chi connectivity index (χ2v) is 2.87. The first kappa shape index (κ1) is 8.64. The van der Waals surface area contributed by atoms with Crippen molar-refractivity contribution in [2.75, 3.05) is 0 Å². The van der Waals surface area contributed by atoms with Crippen LogP contribution in [0, 0.1) is 16.7 Å². The molecular formula is C8H12N4. The molecule has 0 fully saturated rings. The van der Waals surface area contributed by atoms with Crippen molar-refractivity contribution in [3.63, 3.8) is 0 Å². The lowest BCUT2D eigenvalue weighted by Crippen LogP contribution is -2.29. The number of nitrogens with zero attached hydrogens (tertiary/aromatic N) is 2. The molecule has 2 N–H and O–H groups in total. The van der Waals surface area contributed by atoms with Crippen LogP contribution in [0.2, 0.25) is 0 Å². The summed E-state index contributed by atoms with van der Waals surface area (Å²) in [6, 6.07) is 0. The van der Waals surface area contributed by atoms with E-state index in [1.165, 1.54) is 10.8 Å². The van der Waals surface area contributed by atoms with Gasteiger partial charge in [0.1, 0.15) is 11.3 Å². The molecule has 0 radical (unpaired) electrons. The summed E-state index contributed by atoms with van der Waals surface area (Å²) in [7, 11) is 0. The normalized spacial score (nSPS) is 10.2. The SMILES string of the molecule is CC(C)C(=N)n1ccncc1=N. The first-order chi connectivity index (χ1) is 5.63. The van der Waals surface area contributed by atoms with E-state index in [1.807, 2.05) is 13.8 Å². The number of rotatable bonds is 1. The zero-order valence-corrected chi connectivity index (χ0v) is 7.20. The molecule has 0 aliphatic rings. The molecule has 12 heavy (non-hydrogen) atoms. The average molecular weight is 164 g/mol. The lowest BCUT2D eigenvalue weighted by Gasteiger charge is -2.09. The third kappa shape index (κ3) is 1.58. The van der Waals surface area contributed by atoms with E-state index in [0.717, 1.165) is 0 Å². The Morgan fingerprint density at radius 2 is 2.25 bits per heavy atom. The van der Waals surface area contributed by atoms with Gasteiger partial charge in [0.15, 0.2) is 0 Å². The summed E-state index contributed by atoms with van der Waals surface area (Å²) in [5, 5.41) is 15.1. The molecule has 4 heteroatoms. The molecule has 1 rings (SSSR count). The molecule has 0 saturated heterocycles. The highest BCUT2D eigenvalue weighted by Gasteiger charge is 2.03. The Morgan fingerprint density at radius 1 is 1.58 bits per heavy atom. The van der Waals surface area contributed by atoms with Crippen molar-refractivity contribution in [2.24, 2.45) is 5.92 Å². The zero-order chi connectivity index (χ0) is 9.14. The number of hydrogen-bond acceptors (Lipinski definition) is 3. The summed E-state index contributed by atoms with van der Waals surface area (Å²) >= 11 is 0. The first-order valence-corrected chi connectivity index (χ1v) is 3.79. The van der Waals surface area contributed by atoms with Gasteiger partial charge in [-0.2, -0.15) is 0 Å². The van der Waals surface area contributed by atoms with E-state index in [1.54, 1.807) is 12.4 Å². The minimum atomic E-state index is 0.126. The van der Waals surface area contributed by atoms with E-state index in [-0.39, 0.29) is 11.4 Å². The van der Waals surface area contributed by atoms with Gasteiger partial charge in [-0.1, -0.05) is 13.8 Å². The van der Waals surface area contributed by atoms with Crippen LogP contribution in [0.1, 0.15) is 13.8 Å². The van der Waals surface area contributed by atoms with Crippen molar-refractivity contribution in [3.05, 3.63) is 24.1 Å². The Hall–Kier alpha value is -1.45. The van der Waals surface area contributed by atoms with E-state index >= 15 is 0 Å². The fourth-order valence-electron chi connectivity index (χ4n) is 0.850. The van der Waals surface area contributed by atoms with E-state index in [2.05, 4.69) is 4.98 Å². The van der Waals surface area contributed by atoms with Crippen molar-refractivity contribution < 1.29 is 0 Å². The predicted octanol–water partition coefficient (Wildman–Crippen LogP) is 0.844. The summed E-state index contributed by atoms with van der Waals surface area (Å²) < 4.78 is 1.51. The highest BCUT2D eigenvalue weighted by Crippen LogP contribution is 1.94. The average Bonchev–Trinajstić information content (AvgIpc) is 2.04. The van der Waals surface area contributed by atoms with Crippen molar-refractivity contribution >= 4 is 5.84 Å². The zero-order valence-electron chi connectivity index (χ0n) is 7.20. The van der Waals surface area contributed by atoms with Gasteiger partial charge in [-0.05, 0) is 0 Å². The van der Waals surface area contributed by atoms with Gasteiger partial charge < -0.3 is 0 Å². The van der Waals surface area contributed by atoms with Gasteiger partial charge >= 0.3 is 0 Å². The van der Waals surface area contributed by atoms with Gasteiger partial charge in [0.2, 0.25) is 0 Å². The quantitative estimate of drug-likeness (QED) is 0.469. The van der Waals surface area contributed by atoms with Crippen LogP contribution < -0.4 is 5.49 Å². The van der Waals surface area contributed by atoms with Crippen LogP contribution in [-0.2, 0) is 0 Å². The predicted molar refractivity (Wildman–Crippen MR) is 46.0 cm³/mol. The minimum Gasteiger partial charge on any atom is -0.288 e. The van der Waals surface area contributed by atoms with Crippen LogP contribution in [0.3, 0.4) is 0 Å². The molecule has 64 valence electrons. The molecular weight excluding hydrogens is 152 g/mol. The second kappa shape index (κ2) is 3.30. The molecule has 0 aliphatic carbocycles. The van der Waals surface area contributed by atoms with Crippen molar-refractivity contribution in [2.45, 2.75) is 13.8 Å². The molecule has 1 aromatic rings. The maximum absolute atomic E-state index is 7.64. The molecule has 0 saturated carbocycles. The fraction of sp³-hybridized carbons (Fsp3) is 0.375. The van der Waals surface area contributed by atoms with E-state index in [4.69, 9.17) is 10.8 Å². The van der Waals surface area contributed by atoms with Gasteiger partial charge in [-0.25, -0.2) is 0 Å². The maximum Gasteiger partial charge on any atom is 0.149 e. The van der Waals surface area contributed by atoms with Crippen molar-refractivity contribution in [3.8, 4) is 0 Å². The van der Waals surface area contributed by atoms with E-state index in [0.29, 0.717) is 5.84 Å². The number of hydrogen-bond donors (Lipinski definition) is 2.